The zero-order chi connectivity index (χ0) is 24.1. The minimum Gasteiger partial charge on any atom is -0.462 e. The molecule has 3 N–H and O–H groups in total. The number of carbonyl (C=O) groups excluding carboxylic acids is 2. The topological polar surface area (TPSA) is 81.4 Å². The Hall–Kier alpha value is -2.77. The Morgan fingerprint density at radius 2 is 1.88 bits per heavy atom. The van der Waals surface area contributed by atoms with Gasteiger partial charge in [0, 0.05) is 15.5 Å². The summed E-state index contributed by atoms with van der Waals surface area (Å²) in [6, 6.07) is 18.0. The van der Waals surface area contributed by atoms with Crippen molar-refractivity contribution in [3.8, 4) is 0 Å². The van der Waals surface area contributed by atoms with E-state index in [4.69, 9.17) is 10.5 Å². The normalized spacial score (nSPS) is 15.9. The molecule has 1 aliphatic carbocycles. The van der Waals surface area contributed by atoms with E-state index in [1.807, 2.05) is 37.3 Å². The van der Waals surface area contributed by atoms with Crippen LogP contribution in [0.25, 0.3) is 0 Å². The van der Waals surface area contributed by atoms with E-state index in [1.54, 1.807) is 6.92 Å². The first kappa shape index (κ1) is 24.4. The second-order valence-corrected chi connectivity index (χ2v) is 10.7. The first-order chi connectivity index (χ1) is 16.5. The van der Waals surface area contributed by atoms with Crippen LogP contribution in [0.4, 0.5) is 10.7 Å². The van der Waals surface area contributed by atoms with Crippen molar-refractivity contribution in [3.05, 3.63) is 76.2 Å². The van der Waals surface area contributed by atoms with Crippen LogP contribution in [0.5, 0.6) is 0 Å². The number of benzene rings is 2. The minimum absolute atomic E-state index is 0.104. The van der Waals surface area contributed by atoms with Crippen LogP contribution < -0.4 is 11.1 Å². The molecule has 4 rings (SSSR count). The van der Waals surface area contributed by atoms with Gasteiger partial charge in [-0.1, -0.05) is 37.3 Å². The Bertz CT molecular complexity index is 1140. The van der Waals surface area contributed by atoms with Gasteiger partial charge < -0.3 is 15.8 Å². The van der Waals surface area contributed by atoms with Gasteiger partial charge in [0.2, 0.25) is 5.91 Å². The number of fused-ring (bicyclic) bond motifs is 1. The number of carbonyl (C=O) groups is 2. The van der Waals surface area contributed by atoms with Gasteiger partial charge in [-0.25, -0.2) is 4.79 Å². The molecule has 34 heavy (non-hydrogen) atoms. The number of nitrogens with one attached hydrogen (secondary N) is 1. The van der Waals surface area contributed by atoms with Crippen LogP contribution in [-0.2, 0) is 22.4 Å². The molecule has 5 nitrogen and oxygen atoms in total. The second-order valence-electron chi connectivity index (χ2n) is 8.35. The molecule has 2 unspecified atom stereocenters. The van der Waals surface area contributed by atoms with E-state index in [-0.39, 0.29) is 17.1 Å². The number of hydrogen-bond acceptors (Lipinski definition) is 6. The van der Waals surface area contributed by atoms with E-state index in [0.29, 0.717) is 35.2 Å². The molecule has 0 aliphatic heterocycles. The number of esters is 1. The molecule has 1 amide bonds. The van der Waals surface area contributed by atoms with E-state index < -0.39 is 0 Å². The van der Waals surface area contributed by atoms with Crippen molar-refractivity contribution in [2.75, 3.05) is 17.7 Å². The molecule has 1 heterocycles. The molecular formula is C27H30N2O3S2. The number of ether oxygens (including phenoxy) is 1. The third-order valence-corrected chi connectivity index (χ3v) is 8.62. The van der Waals surface area contributed by atoms with Crippen molar-refractivity contribution >= 4 is 45.7 Å². The van der Waals surface area contributed by atoms with Crippen LogP contribution in [0.2, 0.25) is 0 Å². The fraction of sp³-hybridized carbons (Fsp3) is 0.333. The lowest BCUT2D eigenvalue weighted by molar-refractivity contribution is -0.115. The summed E-state index contributed by atoms with van der Waals surface area (Å²) in [5, 5.41) is 3.40. The summed E-state index contributed by atoms with van der Waals surface area (Å²) in [7, 11) is 0. The van der Waals surface area contributed by atoms with Crippen LogP contribution in [0.3, 0.4) is 0 Å². The van der Waals surface area contributed by atoms with E-state index in [1.165, 1.54) is 28.7 Å². The number of anilines is 2. The monoisotopic (exact) mass is 494 g/mol. The van der Waals surface area contributed by atoms with Gasteiger partial charge in [0.05, 0.1) is 17.4 Å². The van der Waals surface area contributed by atoms with Gasteiger partial charge in [0.1, 0.15) is 5.00 Å². The molecule has 2 aromatic carbocycles. The fourth-order valence-corrected chi connectivity index (χ4v) is 6.60. The van der Waals surface area contributed by atoms with Crippen molar-refractivity contribution in [1.29, 1.82) is 0 Å². The average Bonchev–Trinajstić information content (AvgIpc) is 3.21. The minimum atomic E-state index is -0.354. The lowest BCUT2D eigenvalue weighted by Gasteiger charge is -2.23. The van der Waals surface area contributed by atoms with Gasteiger partial charge in [0.25, 0.3) is 0 Å². The summed E-state index contributed by atoms with van der Waals surface area (Å²) >= 11 is 3.02. The maximum Gasteiger partial charge on any atom is 0.341 e. The van der Waals surface area contributed by atoms with Gasteiger partial charge >= 0.3 is 5.97 Å². The molecule has 2 atom stereocenters. The van der Waals surface area contributed by atoms with Crippen LogP contribution >= 0.6 is 23.1 Å². The SMILES string of the molecule is CCOC(=O)c1c(NC(=O)C(CC)Sc2ccc(N)cc2)sc2c1CCC(c1ccccc1)C2. The lowest BCUT2D eigenvalue weighted by atomic mass is 9.83. The first-order valence-electron chi connectivity index (χ1n) is 11.7. The van der Waals surface area contributed by atoms with Crippen LogP contribution in [0.1, 0.15) is 59.0 Å². The smallest absolute Gasteiger partial charge is 0.341 e. The van der Waals surface area contributed by atoms with Gasteiger partial charge in [0.15, 0.2) is 0 Å². The van der Waals surface area contributed by atoms with E-state index in [0.717, 1.165) is 34.6 Å². The summed E-state index contributed by atoms with van der Waals surface area (Å²) in [5.41, 5.74) is 9.36. The molecule has 1 aromatic heterocycles. The molecule has 7 heteroatoms. The summed E-state index contributed by atoms with van der Waals surface area (Å²) in [4.78, 5) is 28.3. The van der Waals surface area contributed by atoms with Gasteiger partial charge in [-0.2, -0.15) is 0 Å². The Morgan fingerprint density at radius 1 is 1.15 bits per heavy atom. The third kappa shape index (κ3) is 5.47. The quantitative estimate of drug-likeness (QED) is 0.218. The summed E-state index contributed by atoms with van der Waals surface area (Å²) < 4.78 is 5.38. The fourth-order valence-electron chi connectivity index (χ4n) is 4.33. The van der Waals surface area contributed by atoms with Crippen LogP contribution in [-0.4, -0.2) is 23.7 Å². The number of thioether (sulfide) groups is 1. The zero-order valence-corrected chi connectivity index (χ0v) is 21.1. The largest absolute Gasteiger partial charge is 0.462 e. The molecule has 0 bridgehead atoms. The number of nitrogens with two attached hydrogens (primary N) is 1. The van der Waals surface area contributed by atoms with Crippen molar-refractivity contribution in [2.45, 2.75) is 55.6 Å². The van der Waals surface area contributed by atoms with E-state index in [9.17, 15) is 9.59 Å². The molecule has 178 valence electrons. The molecule has 0 saturated heterocycles. The summed E-state index contributed by atoms with van der Waals surface area (Å²) in [5.74, 6) is -0.0452. The maximum absolute atomic E-state index is 13.2. The molecule has 0 saturated carbocycles. The standard InChI is InChI=1S/C27H30N2O3S2/c1-3-22(33-20-13-11-19(28)12-14-20)25(30)29-26-24(27(31)32-4-2)21-15-10-18(16-23(21)34-26)17-8-6-5-7-9-17/h5-9,11-14,18,22H,3-4,10,15-16,28H2,1-2H3,(H,29,30). The Morgan fingerprint density at radius 3 is 2.56 bits per heavy atom. The summed E-state index contributed by atoms with van der Waals surface area (Å²) in [6.07, 6.45) is 3.30. The third-order valence-electron chi connectivity index (χ3n) is 6.07. The number of hydrogen-bond donors (Lipinski definition) is 2. The molecule has 0 spiro atoms. The van der Waals surface area contributed by atoms with Crippen LogP contribution in [0, 0.1) is 0 Å². The number of thiophene rings is 1. The first-order valence-corrected chi connectivity index (χ1v) is 13.4. The highest BCUT2D eigenvalue weighted by molar-refractivity contribution is 8.00. The van der Waals surface area contributed by atoms with Crippen molar-refractivity contribution in [2.24, 2.45) is 0 Å². The van der Waals surface area contributed by atoms with Crippen molar-refractivity contribution in [3.63, 3.8) is 0 Å². The van der Waals surface area contributed by atoms with Crippen molar-refractivity contribution < 1.29 is 14.3 Å². The second kappa shape index (κ2) is 11.1. The highest BCUT2D eigenvalue weighted by Crippen LogP contribution is 2.43. The van der Waals surface area contributed by atoms with Gasteiger partial charge in [-0.3, -0.25) is 4.79 Å². The van der Waals surface area contributed by atoms with Crippen LogP contribution in [0.15, 0.2) is 59.5 Å². The highest BCUT2D eigenvalue weighted by Gasteiger charge is 2.31. The predicted octanol–water partition coefficient (Wildman–Crippen LogP) is 6.29. The van der Waals surface area contributed by atoms with E-state index in [2.05, 4.69) is 29.6 Å². The number of amides is 1. The molecule has 0 radical (unpaired) electrons. The molecule has 1 aliphatic rings. The highest BCUT2D eigenvalue weighted by atomic mass is 32.2. The zero-order valence-electron chi connectivity index (χ0n) is 19.5. The van der Waals surface area contributed by atoms with E-state index >= 15 is 0 Å². The van der Waals surface area contributed by atoms with Gasteiger partial charge in [-0.15, -0.1) is 23.1 Å². The molecule has 0 fully saturated rings. The van der Waals surface area contributed by atoms with Gasteiger partial charge in [-0.05, 0) is 73.9 Å². The molecule has 3 aromatic rings. The number of rotatable bonds is 8. The Kier molecular flexibility index (Phi) is 7.95. The average molecular weight is 495 g/mol. The number of nitrogen functional groups attached to an aromatic ring is 1. The summed E-state index contributed by atoms with van der Waals surface area (Å²) in [6.45, 7) is 4.09. The lowest BCUT2D eigenvalue weighted by Crippen LogP contribution is -2.25. The Balaban J connectivity index is 1.58. The van der Waals surface area contributed by atoms with Crippen molar-refractivity contribution in [1.82, 2.24) is 0 Å². The molecular weight excluding hydrogens is 464 g/mol. The predicted molar refractivity (Wildman–Crippen MR) is 141 cm³/mol. The maximum atomic E-state index is 13.2. The Labute approximate surface area is 209 Å².